The molecule has 0 spiro atoms. The second-order valence-electron chi connectivity index (χ2n) is 10.6. The molecule has 0 aliphatic rings. The summed E-state index contributed by atoms with van der Waals surface area (Å²) in [6.45, 7) is 3.88. The zero-order valence-electron chi connectivity index (χ0n) is 25.3. The highest BCUT2D eigenvalue weighted by molar-refractivity contribution is 8.00. The topological polar surface area (TPSA) is 87.3 Å². The molecule has 0 aromatic heterocycles. The predicted molar refractivity (Wildman–Crippen MR) is 188 cm³/mol. The van der Waals surface area contributed by atoms with E-state index >= 15 is 0 Å². The third-order valence-corrected chi connectivity index (χ3v) is 8.55. The lowest BCUT2D eigenvalue weighted by molar-refractivity contribution is -0.116. The van der Waals surface area contributed by atoms with E-state index in [-0.39, 0.29) is 17.5 Å². The Morgan fingerprint density at radius 1 is 0.739 bits per heavy atom. The van der Waals surface area contributed by atoms with Gasteiger partial charge in [0.05, 0.1) is 0 Å². The van der Waals surface area contributed by atoms with E-state index in [2.05, 4.69) is 16.0 Å². The van der Waals surface area contributed by atoms with E-state index < -0.39 is 11.2 Å². The second-order valence-corrected chi connectivity index (χ2v) is 12.2. The summed E-state index contributed by atoms with van der Waals surface area (Å²) in [6.07, 6.45) is 1.65. The Bertz CT molecular complexity index is 1880. The predicted octanol–water partition coefficient (Wildman–Crippen LogP) is 8.84. The van der Waals surface area contributed by atoms with Crippen molar-refractivity contribution in [1.29, 1.82) is 0 Å². The number of aryl methyl sites for hydroxylation is 2. The van der Waals surface area contributed by atoms with Crippen molar-refractivity contribution in [1.82, 2.24) is 5.32 Å². The maximum absolute atomic E-state index is 13.6. The summed E-state index contributed by atoms with van der Waals surface area (Å²) in [4.78, 5) is 40.8. The maximum atomic E-state index is 13.6. The van der Waals surface area contributed by atoms with Crippen LogP contribution in [0, 0.1) is 13.8 Å². The van der Waals surface area contributed by atoms with Gasteiger partial charge in [0.1, 0.15) is 10.9 Å². The van der Waals surface area contributed by atoms with Crippen LogP contribution < -0.4 is 16.0 Å². The van der Waals surface area contributed by atoms with Crippen LogP contribution in [0.15, 0.2) is 138 Å². The molecule has 0 saturated heterocycles. The quantitative estimate of drug-likeness (QED) is 0.105. The fourth-order valence-electron chi connectivity index (χ4n) is 4.65. The maximum Gasteiger partial charge on any atom is 0.272 e. The van der Waals surface area contributed by atoms with Crippen LogP contribution in [0.5, 0.6) is 0 Å². The van der Waals surface area contributed by atoms with Crippen molar-refractivity contribution in [2.75, 3.05) is 10.6 Å². The minimum Gasteiger partial charge on any atom is -0.325 e. The number of carbonyl (C=O) groups excluding carboxylic acids is 3. The fraction of sp³-hybridized carbons (Fsp3) is 0.0789. The molecule has 0 bridgehead atoms. The Morgan fingerprint density at radius 2 is 1.43 bits per heavy atom. The fourth-order valence-corrected chi connectivity index (χ4v) is 5.84. The lowest BCUT2D eigenvalue weighted by Crippen LogP contribution is -2.30. The normalized spacial score (nSPS) is 11.8. The molecule has 1 atom stereocenters. The molecule has 6 nitrogen and oxygen atoms in total. The van der Waals surface area contributed by atoms with Gasteiger partial charge >= 0.3 is 0 Å². The van der Waals surface area contributed by atoms with Gasteiger partial charge in [0.25, 0.3) is 11.8 Å². The number of thioether (sulfide) groups is 1. The summed E-state index contributed by atoms with van der Waals surface area (Å²) >= 11 is 7.58. The largest absolute Gasteiger partial charge is 0.325 e. The molecule has 3 N–H and O–H groups in total. The third-order valence-electron chi connectivity index (χ3n) is 7.05. The van der Waals surface area contributed by atoms with Crippen molar-refractivity contribution < 1.29 is 14.4 Å². The number of carbonyl (C=O) groups is 3. The Morgan fingerprint density at radius 3 is 2.13 bits per heavy atom. The average molecular weight is 646 g/mol. The first-order chi connectivity index (χ1) is 22.2. The summed E-state index contributed by atoms with van der Waals surface area (Å²) in [5.74, 6) is -1.04. The highest BCUT2D eigenvalue weighted by Crippen LogP contribution is 2.37. The standard InChI is InChI=1S/C38H32ClN3O3S/c1-25-10-9-11-27(22-25)23-34(42-36(43)29-14-7-4-8-15-29)37(44)40-31-18-20-32(21-19-31)46-35(28-12-5-3-6-13-28)38(45)41-33-24-30(39)17-16-26(33)2/h3-24,35H,1-2H3,(H,40,44)(H,41,45)(H,42,43)/b34-23-. The smallest absolute Gasteiger partial charge is 0.272 e. The van der Waals surface area contributed by atoms with Crippen molar-refractivity contribution >= 4 is 58.5 Å². The SMILES string of the molecule is Cc1cccc(/C=C(\NC(=O)c2ccccc2)C(=O)Nc2ccc(SC(C(=O)Nc3cc(Cl)ccc3C)c3ccccc3)cc2)c1. The zero-order valence-corrected chi connectivity index (χ0v) is 26.9. The van der Waals surface area contributed by atoms with E-state index in [1.807, 2.05) is 92.7 Å². The number of anilines is 2. The van der Waals surface area contributed by atoms with Gasteiger partial charge in [0.15, 0.2) is 0 Å². The molecule has 0 radical (unpaired) electrons. The number of halogens is 1. The van der Waals surface area contributed by atoms with Gasteiger partial charge in [-0.15, -0.1) is 11.8 Å². The first-order valence-electron chi connectivity index (χ1n) is 14.6. The molecule has 46 heavy (non-hydrogen) atoms. The summed E-state index contributed by atoms with van der Waals surface area (Å²) in [5.41, 5.74) is 5.31. The number of benzene rings is 5. The molecule has 5 rings (SSSR count). The van der Waals surface area contributed by atoms with E-state index in [0.29, 0.717) is 22.0 Å². The molecule has 0 saturated carbocycles. The van der Waals surface area contributed by atoms with Crippen LogP contribution in [0.3, 0.4) is 0 Å². The van der Waals surface area contributed by atoms with Gasteiger partial charge < -0.3 is 16.0 Å². The van der Waals surface area contributed by atoms with E-state index in [1.54, 1.807) is 54.6 Å². The highest BCUT2D eigenvalue weighted by atomic mass is 35.5. The van der Waals surface area contributed by atoms with Gasteiger partial charge in [-0.05, 0) is 85.1 Å². The van der Waals surface area contributed by atoms with E-state index in [9.17, 15) is 14.4 Å². The van der Waals surface area contributed by atoms with Crippen molar-refractivity contribution in [3.63, 3.8) is 0 Å². The molecule has 0 aliphatic heterocycles. The molecule has 1 unspecified atom stereocenters. The zero-order chi connectivity index (χ0) is 32.5. The minimum atomic E-state index is -0.544. The van der Waals surface area contributed by atoms with Gasteiger partial charge in [-0.2, -0.15) is 0 Å². The van der Waals surface area contributed by atoms with Crippen LogP contribution in [0.2, 0.25) is 5.02 Å². The molecule has 5 aromatic rings. The summed E-state index contributed by atoms with van der Waals surface area (Å²) in [7, 11) is 0. The summed E-state index contributed by atoms with van der Waals surface area (Å²) in [6, 6.07) is 38.6. The third kappa shape index (κ3) is 8.75. The van der Waals surface area contributed by atoms with Crippen molar-refractivity contribution in [2.45, 2.75) is 24.0 Å². The molecule has 3 amide bonds. The molecular weight excluding hydrogens is 614 g/mol. The van der Waals surface area contributed by atoms with Gasteiger partial charge in [0, 0.05) is 26.9 Å². The van der Waals surface area contributed by atoms with Gasteiger partial charge in [-0.1, -0.05) is 96.0 Å². The molecule has 0 aliphatic carbocycles. The Balaban J connectivity index is 1.33. The minimum absolute atomic E-state index is 0.107. The van der Waals surface area contributed by atoms with Crippen molar-refractivity contribution in [3.05, 3.63) is 166 Å². The van der Waals surface area contributed by atoms with Crippen LogP contribution >= 0.6 is 23.4 Å². The average Bonchev–Trinajstić information content (AvgIpc) is 3.06. The Hall–Kier alpha value is -5.11. The van der Waals surface area contributed by atoms with Crippen LogP contribution in [0.25, 0.3) is 6.08 Å². The molecule has 0 heterocycles. The lowest BCUT2D eigenvalue weighted by Gasteiger charge is -2.18. The Labute approximate surface area is 277 Å². The highest BCUT2D eigenvalue weighted by Gasteiger charge is 2.23. The second kappa shape index (κ2) is 15.3. The van der Waals surface area contributed by atoms with Crippen molar-refractivity contribution in [3.8, 4) is 0 Å². The number of hydrogen-bond donors (Lipinski definition) is 3. The Kier molecular flexibility index (Phi) is 10.7. The van der Waals surface area contributed by atoms with Gasteiger partial charge in [-0.3, -0.25) is 14.4 Å². The molecule has 0 fully saturated rings. The van der Waals surface area contributed by atoms with E-state index in [0.717, 1.165) is 27.1 Å². The first kappa shape index (κ1) is 32.3. The van der Waals surface area contributed by atoms with Crippen molar-refractivity contribution in [2.24, 2.45) is 0 Å². The molecule has 8 heteroatoms. The van der Waals surface area contributed by atoms with Crippen LogP contribution in [0.4, 0.5) is 11.4 Å². The van der Waals surface area contributed by atoms with E-state index in [1.165, 1.54) is 11.8 Å². The number of nitrogens with one attached hydrogen (secondary N) is 3. The van der Waals surface area contributed by atoms with Gasteiger partial charge in [0.2, 0.25) is 5.91 Å². The lowest BCUT2D eigenvalue weighted by atomic mass is 10.1. The summed E-state index contributed by atoms with van der Waals surface area (Å²) in [5, 5.41) is 8.68. The van der Waals surface area contributed by atoms with E-state index in [4.69, 9.17) is 11.6 Å². The molecule has 230 valence electrons. The van der Waals surface area contributed by atoms with Crippen LogP contribution in [-0.4, -0.2) is 17.7 Å². The number of amides is 3. The molecular formula is C38H32ClN3O3S. The van der Waals surface area contributed by atoms with Crippen LogP contribution in [-0.2, 0) is 9.59 Å². The van der Waals surface area contributed by atoms with Crippen LogP contribution in [0.1, 0.15) is 37.9 Å². The monoisotopic (exact) mass is 645 g/mol. The number of rotatable bonds is 10. The van der Waals surface area contributed by atoms with Gasteiger partial charge in [-0.25, -0.2) is 0 Å². The molecule has 5 aromatic carbocycles. The summed E-state index contributed by atoms with van der Waals surface area (Å²) < 4.78 is 0. The number of hydrogen-bond acceptors (Lipinski definition) is 4. The first-order valence-corrected chi connectivity index (χ1v) is 15.9.